The Labute approximate surface area is 131 Å². The summed E-state index contributed by atoms with van der Waals surface area (Å²) in [5, 5.41) is 8.73. The van der Waals surface area contributed by atoms with Crippen LogP contribution in [0.15, 0.2) is 24.3 Å². The van der Waals surface area contributed by atoms with Crippen LogP contribution in [0.2, 0.25) is 0 Å². The fraction of sp³-hybridized carbons (Fsp3) is 0.467. The van der Waals surface area contributed by atoms with Crippen LogP contribution in [0.25, 0.3) is 0 Å². The van der Waals surface area contributed by atoms with Crippen molar-refractivity contribution in [3.63, 3.8) is 0 Å². The van der Waals surface area contributed by atoms with E-state index >= 15 is 0 Å². The molecule has 5 nitrogen and oxygen atoms in total. The van der Waals surface area contributed by atoms with Crippen molar-refractivity contribution in [3.8, 4) is 5.75 Å². The first-order valence-electron chi connectivity index (χ1n) is 6.95. The van der Waals surface area contributed by atoms with Crippen LogP contribution in [0.1, 0.15) is 30.6 Å². The van der Waals surface area contributed by atoms with Crippen LogP contribution in [0.3, 0.4) is 0 Å². The lowest BCUT2D eigenvalue weighted by atomic mass is 10.1. The maximum absolute atomic E-state index is 12.4. The summed E-state index contributed by atoms with van der Waals surface area (Å²) in [4.78, 5) is 24.4. The number of hydrogen-bond acceptors (Lipinski definition) is 3. The minimum absolute atomic E-state index is 0.0349. The number of carboxylic acids is 1. The average molecular weight is 333 g/mol. The van der Waals surface area contributed by atoms with Crippen LogP contribution in [-0.2, 0) is 4.79 Å². The predicted molar refractivity (Wildman–Crippen MR) is 76.1 cm³/mol. The Kier molecular flexibility index (Phi) is 6.41. The standard InChI is InChI=1S/C15H18F3NO4/c1-10(2)9-19(8-7-13(20)21)14(22)11-3-5-12(6-4-11)23-15(16,17)18/h3-6,10H,7-9H2,1-2H3,(H,20,21). The van der Waals surface area contributed by atoms with E-state index in [1.54, 1.807) is 0 Å². The Morgan fingerprint density at radius 3 is 2.22 bits per heavy atom. The summed E-state index contributed by atoms with van der Waals surface area (Å²) >= 11 is 0. The van der Waals surface area contributed by atoms with Gasteiger partial charge >= 0.3 is 12.3 Å². The Morgan fingerprint density at radius 1 is 1.22 bits per heavy atom. The zero-order chi connectivity index (χ0) is 17.6. The molecule has 0 radical (unpaired) electrons. The summed E-state index contributed by atoms with van der Waals surface area (Å²) in [6, 6.07) is 4.53. The van der Waals surface area contributed by atoms with Crippen molar-refractivity contribution in [1.82, 2.24) is 4.90 Å². The molecule has 23 heavy (non-hydrogen) atoms. The smallest absolute Gasteiger partial charge is 0.481 e. The summed E-state index contributed by atoms with van der Waals surface area (Å²) in [5.41, 5.74) is 0.172. The number of nitrogens with zero attached hydrogens (tertiary/aromatic N) is 1. The molecule has 0 aliphatic heterocycles. The van der Waals surface area contributed by atoms with Crippen molar-refractivity contribution >= 4 is 11.9 Å². The number of ether oxygens (including phenoxy) is 1. The minimum atomic E-state index is -4.79. The van der Waals surface area contributed by atoms with Crippen LogP contribution in [0.4, 0.5) is 13.2 Å². The number of alkyl halides is 3. The molecule has 1 rings (SSSR count). The largest absolute Gasteiger partial charge is 0.573 e. The zero-order valence-electron chi connectivity index (χ0n) is 12.8. The molecule has 0 unspecified atom stereocenters. The van der Waals surface area contributed by atoms with Crippen molar-refractivity contribution < 1.29 is 32.6 Å². The van der Waals surface area contributed by atoms with Gasteiger partial charge in [-0.05, 0) is 30.2 Å². The van der Waals surface area contributed by atoms with Gasteiger partial charge in [0.2, 0.25) is 0 Å². The minimum Gasteiger partial charge on any atom is -0.481 e. The van der Waals surface area contributed by atoms with Gasteiger partial charge in [-0.1, -0.05) is 13.8 Å². The van der Waals surface area contributed by atoms with Crippen molar-refractivity contribution in [2.24, 2.45) is 5.92 Å². The van der Waals surface area contributed by atoms with E-state index in [1.807, 2.05) is 13.8 Å². The number of halogens is 3. The molecule has 0 aromatic heterocycles. The number of aliphatic carboxylic acids is 1. The van der Waals surface area contributed by atoms with E-state index in [4.69, 9.17) is 5.11 Å². The molecule has 0 aliphatic carbocycles. The van der Waals surface area contributed by atoms with E-state index in [2.05, 4.69) is 4.74 Å². The molecule has 128 valence electrons. The van der Waals surface area contributed by atoms with Gasteiger partial charge in [-0.15, -0.1) is 13.2 Å². The second-order valence-electron chi connectivity index (χ2n) is 5.36. The predicted octanol–water partition coefficient (Wildman–Crippen LogP) is 3.16. The molecule has 0 saturated carbocycles. The van der Waals surface area contributed by atoms with Gasteiger partial charge in [-0.3, -0.25) is 9.59 Å². The van der Waals surface area contributed by atoms with Crippen molar-refractivity contribution in [1.29, 1.82) is 0 Å². The van der Waals surface area contributed by atoms with Gasteiger partial charge in [0.1, 0.15) is 5.75 Å². The third-order valence-corrected chi connectivity index (χ3v) is 2.80. The first-order chi connectivity index (χ1) is 10.6. The summed E-state index contributed by atoms with van der Waals surface area (Å²) in [7, 11) is 0. The molecule has 0 bridgehead atoms. The van der Waals surface area contributed by atoms with Crippen LogP contribution < -0.4 is 4.74 Å². The lowest BCUT2D eigenvalue weighted by molar-refractivity contribution is -0.274. The number of carboxylic acid groups (broad SMARTS) is 1. The fourth-order valence-electron chi connectivity index (χ4n) is 1.93. The molecule has 1 amide bonds. The molecule has 0 saturated heterocycles. The highest BCUT2D eigenvalue weighted by atomic mass is 19.4. The van der Waals surface area contributed by atoms with Gasteiger partial charge < -0.3 is 14.7 Å². The topological polar surface area (TPSA) is 66.8 Å². The normalized spacial score (nSPS) is 11.4. The second-order valence-corrected chi connectivity index (χ2v) is 5.36. The Hall–Kier alpha value is -2.25. The first-order valence-corrected chi connectivity index (χ1v) is 6.95. The van der Waals surface area contributed by atoms with Crippen LogP contribution in [-0.4, -0.2) is 41.3 Å². The fourth-order valence-corrected chi connectivity index (χ4v) is 1.93. The van der Waals surface area contributed by atoms with Gasteiger partial charge in [0.15, 0.2) is 0 Å². The zero-order valence-corrected chi connectivity index (χ0v) is 12.8. The van der Waals surface area contributed by atoms with E-state index in [-0.39, 0.29) is 24.4 Å². The summed E-state index contributed by atoms with van der Waals surface area (Å²) in [6.07, 6.45) is -5.00. The number of amides is 1. The molecule has 8 heteroatoms. The van der Waals surface area contributed by atoms with Gasteiger partial charge in [0, 0.05) is 18.7 Å². The third-order valence-electron chi connectivity index (χ3n) is 2.80. The van der Waals surface area contributed by atoms with E-state index in [0.29, 0.717) is 6.54 Å². The molecule has 0 fully saturated rings. The Morgan fingerprint density at radius 2 is 1.78 bits per heavy atom. The molecule has 0 aliphatic rings. The molecule has 0 heterocycles. The third kappa shape index (κ3) is 7.03. The van der Waals surface area contributed by atoms with Gasteiger partial charge in [0.05, 0.1) is 6.42 Å². The molecule has 0 atom stereocenters. The van der Waals surface area contributed by atoms with E-state index in [1.165, 1.54) is 17.0 Å². The van der Waals surface area contributed by atoms with E-state index < -0.39 is 24.0 Å². The number of carbonyl (C=O) groups excluding carboxylic acids is 1. The van der Waals surface area contributed by atoms with Crippen molar-refractivity contribution in [3.05, 3.63) is 29.8 Å². The molecular weight excluding hydrogens is 315 g/mol. The Balaban J connectivity index is 2.84. The number of benzene rings is 1. The van der Waals surface area contributed by atoms with Crippen LogP contribution in [0.5, 0.6) is 5.75 Å². The van der Waals surface area contributed by atoms with Crippen molar-refractivity contribution in [2.45, 2.75) is 26.6 Å². The number of hydrogen-bond donors (Lipinski definition) is 1. The molecule has 1 N–H and O–H groups in total. The van der Waals surface area contributed by atoms with Gasteiger partial charge in [-0.2, -0.15) is 0 Å². The average Bonchev–Trinajstić information content (AvgIpc) is 2.41. The monoisotopic (exact) mass is 333 g/mol. The summed E-state index contributed by atoms with van der Waals surface area (Å²) < 4.78 is 40.0. The van der Waals surface area contributed by atoms with Crippen LogP contribution >= 0.6 is 0 Å². The van der Waals surface area contributed by atoms with Gasteiger partial charge in [0.25, 0.3) is 5.91 Å². The highest BCUT2D eigenvalue weighted by Gasteiger charge is 2.31. The SMILES string of the molecule is CC(C)CN(CCC(=O)O)C(=O)c1ccc(OC(F)(F)F)cc1. The maximum Gasteiger partial charge on any atom is 0.573 e. The molecule has 0 spiro atoms. The summed E-state index contributed by atoms with van der Waals surface area (Å²) in [6.45, 7) is 4.14. The summed E-state index contributed by atoms with van der Waals surface area (Å²) in [5.74, 6) is -1.76. The molecular formula is C15H18F3NO4. The molecule has 1 aromatic carbocycles. The lowest BCUT2D eigenvalue weighted by Crippen LogP contribution is -2.36. The highest BCUT2D eigenvalue weighted by molar-refractivity contribution is 5.94. The van der Waals surface area contributed by atoms with E-state index in [9.17, 15) is 22.8 Å². The van der Waals surface area contributed by atoms with Gasteiger partial charge in [-0.25, -0.2) is 0 Å². The van der Waals surface area contributed by atoms with Crippen LogP contribution in [0, 0.1) is 5.92 Å². The van der Waals surface area contributed by atoms with Crippen molar-refractivity contribution in [2.75, 3.05) is 13.1 Å². The lowest BCUT2D eigenvalue weighted by Gasteiger charge is -2.24. The number of carbonyl (C=O) groups is 2. The highest BCUT2D eigenvalue weighted by Crippen LogP contribution is 2.23. The van der Waals surface area contributed by atoms with E-state index in [0.717, 1.165) is 12.1 Å². The maximum atomic E-state index is 12.4. The first kappa shape index (κ1) is 18.8. The molecule has 1 aromatic rings. The Bertz CT molecular complexity index is 541. The number of rotatable bonds is 7. The second kappa shape index (κ2) is 7.85. The quantitative estimate of drug-likeness (QED) is 0.832.